The lowest BCUT2D eigenvalue weighted by molar-refractivity contribution is -0.192. The molecule has 0 aliphatic rings. The van der Waals surface area contributed by atoms with E-state index in [4.69, 9.17) is 42.1 Å². The number of nitrogens with zero attached hydrogens (tertiary/aromatic N) is 2. The van der Waals surface area contributed by atoms with Gasteiger partial charge in [0.1, 0.15) is 28.6 Å². The van der Waals surface area contributed by atoms with Crippen LogP contribution in [-0.2, 0) is 11.3 Å². The summed E-state index contributed by atoms with van der Waals surface area (Å²) in [6.07, 6.45) is -5.08. The number of nitrogens with two attached hydrogens (primary N) is 1. The van der Waals surface area contributed by atoms with Gasteiger partial charge in [0.15, 0.2) is 0 Å². The lowest BCUT2D eigenvalue weighted by Crippen LogP contribution is -2.38. The molecule has 0 aliphatic carbocycles. The maximum atomic E-state index is 16.1. The van der Waals surface area contributed by atoms with E-state index in [1.807, 2.05) is 0 Å². The summed E-state index contributed by atoms with van der Waals surface area (Å²) in [6.45, 7) is 7.07. The standard InChI is InChI=1S/C33H32ClF2N5O5.C2HF3O2/c1-17(2)41(18(3)4)28-26(35)31(45-22-10-7-9-19(14-22)29(37)38)40-32(27(28)36)46-25-13-12-20(15-23(25)33(43)44)30(42)39-16-21-8-5-6-11-24(21)34;3-2(4,5)1(6)7/h5-15,17-18H,16H2,1-4H3,(H3,37,38)(H,39,42)(H,43,44);(H,6,7). The fraction of sp³-hybridized carbons (Fsp3) is 0.229. The Bertz CT molecular complexity index is 2000. The maximum absolute atomic E-state index is 16.1. The van der Waals surface area contributed by atoms with E-state index in [1.54, 1.807) is 58.0 Å². The number of carboxylic acid groups (broad SMARTS) is 2. The van der Waals surface area contributed by atoms with Crippen molar-refractivity contribution in [3.05, 3.63) is 106 Å². The predicted octanol–water partition coefficient (Wildman–Crippen LogP) is 7.77. The highest BCUT2D eigenvalue weighted by Gasteiger charge is 2.38. The first-order valence-electron chi connectivity index (χ1n) is 15.4. The Hall–Kier alpha value is -5.97. The van der Waals surface area contributed by atoms with Crippen molar-refractivity contribution in [2.24, 2.45) is 5.73 Å². The molecule has 0 saturated carbocycles. The molecule has 4 aromatic rings. The Morgan fingerprint density at radius 1 is 0.906 bits per heavy atom. The summed E-state index contributed by atoms with van der Waals surface area (Å²) in [5.74, 6) is -9.11. The van der Waals surface area contributed by atoms with E-state index in [2.05, 4.69) is 10.3 Å². The van der Waals surface area contributed by atoms with Gasteiger partial charge in [0, 0.05) is 34.8 Å². The number of carbonyl (C=O) groups excluding carboxylic acids is 1. The summed E-state index contributed by atoms with van der Waals surface area (Å²) in [5.41, 5.74) is 5.54. The number of hydrogen-bond donors (Lipinski definition) is 5. The molecule has 0 bridgehead atoms. The Balaban J connectivity index is 0.000000980. The first-order valence-corrected chi connectivity index (χ1v) is 15.8. The van der Waals surface area contributed by atoms with Gasteiger partial charge in [0.25, 0.3) is 17.7 Å². The number of nitrogens with one attached hydrogen (secondary N) is 2. The van der Waals surface area contributed by atoms with Gasteiger partial charge in [-0.2, -0.15) is 26.9 Å². The second-order valence-electron chi connectivity index (χ2n) is 11.5. The highest BCUT2D eigenvalue weighted by atomic mass is 35.5. The fourth-order valence-corrected chi connectivity index (χ4v) is 4.96. The number of amides is 1. The number of rotatable bonds is 12. The normalized spacial score (nSPS) is 11.0. The molecule has 3 aromatic carbocycles. The number of aliphatic carboxylic acids is 1. The Kier molecular flexibility index (Phi) is 13.7. The molecule has 1 aromatic heterocycles. The quantitative estimate of drug-likeness (QED) is 0.0542. The zero-order valence-electron chi connectivity index (χ0n) is 28.4. The summed E-state index contributed by atoms with van der Waals surface area (Å²) >= 11 is 6.15. The first kappa shape index (κ1) is 41.5. The molecular weight excluding hydrogens is 733 g/mol. The minimum Gasteiger partial charge on any atom is -0.478 e. The Morgan fingerprint density at radius 2 is 1.49 bits per heavy atom. The number of aromatic nitrogens is 1. The molecule has 1 amide bonds. The molecule has 1 heterocycles. The third kappa shape index (κ3) is 10.8. The van der Waals surface area contributed by atoms with Crippen molar-refractivity contribution in [1.29, 1.82) is 5.41 Å². The number of carboxylic acids is 2. The molecule has 6 N–H and O–H groups in total. The summed E-state index contributed by atoms with van der Waals surface area (Å²) in [6, 6.07) is 15.6. The van der Waals surface area contributed by atoms with Crippen LogP contribution < -0.4 is 25.4 Å². The third-order valence-corrected chi connectivity index (χ3v) is 7.41. The second kappa shape index (κ2) is 17.5. The Morgan fingerprint density at radius 3 is 2.02 bits per heavy atom. The van der Waals surface area contributed by atoms with Crippen LogP contribution >= 0.6 is 11.6 Å². The highest BCUT2D eigenvalue weighted by molar-refractivity contribution is 6.31. The molecule has 0 saturated heterocycles. The van der Waals surface area contributed by atoms with Crippen LogP contribution in [0.1, 0.15) is 59.5 Å². The minimum absolute atomic E-state index is 0.00908. The monoisotopic (exact) mass is 765 g/mol. The molecule has 0 unspecified atom stereocenters. The first-order chi connectivity index (χ1) is 24.7. The van der Waals surface area contributed by atoms with Crippen molar-refractivity contribution in [2.45, 2.75) is 52.5 Å². The van der Waals surface area contributed by atoms with Crippen LogP contribution in [-0.4, -0.2) is 57.1 Å². The average Bonchev–Trinajstić information content (AvgIpc) is 3.07. The number of halogens is 6. The van der Waals surface area contributed by atoms with E-state index >= 15 is 8.78 Å². The summed E-state index contributed by atoms with van der Waals surface area (Å²) < 4.78 is 75.2. The molecule has 0 aliphatic heterocycles. The molecule has 12 nitrogen and oxygen atoms in total. The number of carbonyl (C=O) groups is 3. The molecule has 0 fully saturated rings. The van der Waals surface area contributed by atoms with Crippen LogP contribution in [0.3, 0.4) is 0 Å². The highest BCUT2D eigenvalue weighted by Crippen LogP contribution is 2.40. The van der Waals surface area contributed by atoms with Gasteiger partial charge in [0.2, 0.25) is 11.6 Å². The minimum atomic E-state index is -5.08. The maximum Gasteiger partial charge on any atom is 0.490 e. The van der Waals surface area contributed by atoms with E-state index < -0.39 is 58.7 Å². The Labute approximate surface area is 304 Å². The average molecular weight is 766 g/mol. The SMILES string of the molecule is CC(C)N(c1c(F)c(Oc2cccc(C(=N)N)c2)nc(Oc2ccc(C(=O)NCc3ccccc3Cl)cc2C(=O)O)c1F)C(C)C.O=C(O)C(F)(F)F. The van der Waals surface area contributed by atoms with E-state index in [0.29, 0.717) is 16.1 Å². The lowest BCUT2D eigenvalue weighted by atomic mass is 10.1. The van der Waals surface area contributed by atoms with Gasteiger partial charge in [-0.05, 0) is 69.7 Å². The predicted molar refractivity (Wildman–Crippen MR) is 184 cm³/mol. The van der Waals surface area contributed by atoms with Gasteiger partial charge >= 0.3 is 18.1 Å². The van der Waals surface area contributed by atoms with Crippen LogP contribution in [0.25, 0.3) is 0 Å². The number of anilines is 1. The van der Waals surface area contributed by atoms with Crippen molar-refractivity contribution in [3.8, 4) is 23.3 Å². The van der Waals surface area contributed by atoms with Crippen LogP contribution in [0.4, 0.5) is 27.6 Å². The number of hydrogen-bond acceptors (Lipinski definition) is 8. The van der Waals surface area contributed by atoms with Crippen LogP contribution in [0, 0.1) is 17.0 Å². The van der Waals surface area contributed by atoms with Gasteiger partial charge in [0.05, 0.1) is 0 Å². The smallest absolute Gasteiger partial charge is 0.478 e. The third-order valence-electron chi connectivity index (χ3n) is 7.04. The number of aromatic carboxylic acids is 1. The summed E-state index contributed by atoms with van der Waals surface area (Å²) in [5, 5.41) is 27.9. The summed E-state index contributed by atoms with van der Waals surface area (Å²) in [7, 11) is 0. The van der Waals surface area contributed by atoms with Crippen LogP contribution in [0.2, 0.25) is 5.02 Å². The van der Waals surface area contributed by atoms with Gasteiger partial charge in [-0.25, -0.2) is 9.59 Å². The van der Waals surface area contributed by atoms with Crippen molar-refractivity contribution in [1.82, 2.24) is 10.3 Å². The largest absolute Gasteiger partial charge is 0.490 e. The van der Waals surface area contributed by atoms with Gasteiger partial charge in [-0.1, -0.05) is 41.9 Å². The molecule has 0 atom stereocenters. The van der Waals surface area contributed by atoms with Crippen molar-refractivity contribution in [2.75, 3.05) is 4.90 Å². The molecule has 282 valence electrons. The molecule has 53 heavy (non-hydrogen) atoms. The fourth-order valence-electron chi connectivity index (χ4n) is 4.75. The van der Waals surface area contributed by atoms with Gasteiger partial charge < -0.3 is 35.6 Å². The topological polar surface area (TPSA) is 188 Å². The second-order valence-corrected chi connectivity index (χ2v) is 11.9. The molecule has 4 rings (SSSR count). The lowest BCUT2D eigenvalue weighted by Gasteiger charge is -2.33. The van der Waals surface area contributed by atoms with Gasteiger partial charge in [-0.3, -0.25) is 10.2 Å². The van der Waals surface area contributed by atoms with Crippen LogP contribution in [0.5, 0.6) is 23.3 Å². The van der Waals surface area contributed by atoms with Crippen LogP contribution in [0.15, 0.2) is 66.7 Å². The number of nitrogen functional groups attached to an aromatic ring is 1. The molecule has 0 radical (unpaired) electrons. The van der Waals surface area contributed by atoms with E-state index in [1.165, 1.54) is 35.2 Å². The van der Waals surface area contributed by atoms with Gasteiger partial charge in [-0.15, -0.1) is 0 Å². The number of amidine groups is 1. The molecule has 18 heteroatoms. The zero-order chi connectivity index (χ0) is 39.8. The number of alkyl halides is 3. The zero-order valence-corrected chi connectivity index (χ0v) is 29.1. The van der Waals surface area contributed by atoms with Crippen molar-refractivity contribution >= 4 is 41.0 Å². The number of ether oxygens (including phenoxy) is 2. The van der Waals surface area contributed by atoms with Crippen molar-refractivity contribution in [3.63, 3.8) is 0 Å². The van der Waals surface area contributed by atoms with E-state index in [-0.39, 0.29) is 41.5 Å². The van der Waals surface area contributed by atoms with E-state index in [0.717, 1.165) is 6.07 Å². The molecule has 0 spiro atoms. The van der Waals surface area contributed by atoms with E-state index in [9.17, 15) is 27.9 Å². The number of benzene rings is 3. The molecular formula is C35H33ClF5N5O7. The number of pyridine rings is 1. The van der Waals surface area contributed by atoms with Crippen molar-refractivity contribution < 1.29 is 56.0 Å². The summed E-state index contributed by atoms with van der Waals surface area (Å²) in [4.78, 5) is 39.4.